The molecule has 1 aromatic carbocycles. The van der Waals surface area contributed by atoms with E-state index in [9.17, 15) is 4.79 Å². The number of anilines is 1. The third-order valence-corrected chi connectivity index (χ3v) is 4.37. The number of nitrogens with two attached hydrogens (primary N) is 1. The lowest BCUT2D eigenvalue weighted by Gasteiger charge is -2.31. The van der Waals surface area contributed by atoms with E-state index in [1.807, 2.05) is 24.3 Å². The molecule has 4 nitrogen and oxygen atoms in total. The molecule has 0 bridgehead atoms. The van der Waals surface area contributed by atoms with Crippen molar-refractivity contribution in [1.82, 2.24) is 10.2 Å². The second-order valence-corrected chi connectivity index (χ2v) is 5.93. The molecule has 1 amide bonds. The van der Waals surface area contributed by atoms with E-state index in [0.29, 0.717) is 6.42 Å². The van der Waals surface area contributed by atoms with Crippen molar-refractivity contribution < 1.29 is 4.79 Å². The summed E-state index contributed by atoms with van der Waals surface area (Å²) in [5, 5.41) is 3.03. The summed E-state index contributed by atoms with van der Waals surface area (Å²) in [7, 11) is 0. The molecule has 1 fully saturated rings. The van der Waals surface area contributed by atoms with Gasteiger partial charge in [-0.1, -0.05) is 19.1 Å². The SMILES string of the molecule is CCN1CCC(CCNC(=O)Cc2ccc(N)cc2)CC1.Cl.Cl. The van der Waals surface area contributed by atoms with E-state index in [1.165, 1.54) is 25.9 Å². The average Bonchev–Trinajstić information content (AvgIpc) is 2.50. The minimum absolute atomic E-state index is 0. The maximum absolute atomic E-state index is 11.9. The van der Waals surface area contributed by atoms with Gasteiger partial charge in [0.25, 0.3) is 0 Å². The molecule has 1 aliphatic heterocycles. The number of hydrogen-bond donors (Lipinski definition) is 2. The van der Waals surface area contributed by atoms with Crippen LogP contribution in [-0.2, 0) is 11.2 Å². The molecular formula is C17H29Cl2N3O. The maximum atomic E-state index is 11.9. The molecule has 0 spiro atoms. The molecule has 0 radical (unpaired) electrons. The Hall–Kier alpha value is -0.970. The number of likely N-dealkylation sites (tertiary alicyclic amines) is 1. The summed E-state index contributed by atoms with van der Waals surface area (Å²) in [4.78, 5) is 14.4. The van der Waals surface area contributed by atoms with Crippen molar-refractivity contribution in [2.75, 3.05) is 31.9 Å². The van der Waals surface area contributed by atoms with Crippen LogP contribution in [0.15, 0.2) is 24.3 Å². The van der Waals surface area contributed by atoms with E-state index in [0.717, 1.165) is 36.7 Å². The Bertz CT molecular complexity index is 446. The van der Waals surface area contributed by atoms with Gasteiger partial charge in [0.2, 0.25) is 5.91 Å². The van der Waals surface area contributed by atoms with Gasteiger partial charge in [0.1, 0.15) is 0 Å². The van der Waals surface area contributed by atoms with Crippen LogP contribution in [0.3, 0.4) is 0 Å². The summed E-state index contributed by atoms with van der Waals surface area (Å²) < 4.78 is 0. The second kappa shape index (κ2) is 11.5. The molecule has 0 aromatic heterocycles. The van der Waals surface area contributed by atoms with Crippen molar-refractivity contribution in [3.63, 3.8) is 0 Å². The number of carbonyl (C=O) groups is 1. The number of amides is 1. The zero-order chi connectivity index (χ0) is 15.1. The molecule has 1 aliphatic rings. The third kappa shape index (κ3) is 7.91. The second-order valence-electron chi connectivity index (χ2n) is 5.93. The number of nitrogens with zero attached hydrogens (tertiary/aromatic N) is 1. The molecule has 2 rings (SSSR count). The summed E-state index contributed by atoms with van der Waals surface area (Å²) in [6.45, 7) is 6.59. The summed E-state index contributed by atoms with van der Waals surface area (Å²) in [6, 6.07) is 7.50. The first-order valence-electron chi connectivity index (χ1n) is 8.01. The predicted molar refractivity (Wildman–Crippen MR) is 102 cm³/mol. The summed E-state index contributed by atoms with van der Waals surface area (Å²) in [6.07, 6.45) is 4.07. The fourth-order valence-corrected chi connectivity index (χ4v) is 2.89. The van der Waals surface area contributed by atoms with Crippen LogP contribution in [0.1, 0.15) is 31.7 Å². The number of hydrogen-bond acceptors (Lipinski definition) is 3. The van der Waals surface area contributed by atoms with Crippen molar-refractivity contribution in [2.45, 2.75) is 32.6 Å². The molecule has 1 aromatic rings. The minimum atomic E-state index is 0. The van der Waals surface area contributed by atoms with Crippen LogP contribution in [-0.4, -0.2) is 37.0 Å². The Labute approximate surface area is 152 Å². The third-order valence-electron chi connectivity index (χ3n) is 4.37. The highest BCUT2D eigenvalue weighted by Crippen LogP contribution is 2.19. The molecule has 132 valence electrons. The molecule has 0 aliphatic carbocycles. The average molecular weight is 362 g/mol. The monoisotopic (exact) mass is 361 g/mol. The van der Waals surface area contributed by atoms with E-state index in [4.69, 9.17) is 5.73 Å². The largest absolute Gasteiger partial charge is 0.399 e. The smallest absolute Gasteiger partial charge is 0.224 e. The van der Waals surface area contributed by atoms with Gasteiger partial charge < -0.3 is 16.0 Å². The minimum Gasteiger partial charge on any atom is -0.399 e. The fraction of sp³-hybridized carbons (Fsp3) is 0.588. The highest BCUT2D eigenvalue weighted by atomic mass is 35.5. The van der Waals surface area contributed by atoms with E-state index in [2.05, 4.69) is 17.1 Å². The van der Waals surface area contributed by atoms with Gasteiger partial charge in [-0.15, -0.1) is 24.8 Å². The number of carbonyl (C=O) groups excluding carboxylic acids is 1. The quantitative estimate of drug-likeness (QED) is 0.765. The molecule has 23 heavy (non-hydrogen) atoms. The van der Waals surface area contributed by atoms with Gasteiger partial charge in [-0.25, -0.2) is 0 Å². The van der Waals surface area contributed by atoms with Crippen molar-refractivity contribution in [1.29, 1.82) is 0 Å². The number of benzene rings is 1. The van der Waals surface area contributed by atoms with E-state index < -0.39 is 0 Å². The summed E-state index contributed by atoms with van der Waals surface area (Å²) in [5.41, 5.74) is 7.38. The molecule has 1 saturated heterocycles. The van der Waals surface area contributed by atoms with Gasteiger partial charge in [0.05, 0.1) is 6.42 Å². The first kappa shape index (κ1) is 22.0. The van der Waals surface area contributed by atoms with Crippen molar-refractivity contribution in [3.05, 3.63) is 29.8 Å². The Balaban J connectivity index is 0.00000242. The zero-order valence-corrected chi connectivity index (χ0v) is 15.4. The Kier molecular flexibility index (Phi) is 11.1. The standard InChI is InChI=1S/C17H27N3O.2ClH/c1-2-20-11-8-14(9-12-20)7-10-19-17(21)13-15-3-5-16(18)6-4-15;;/h3-6,14H,2,7-13,18H2,1H3,(H,19,21);2*1H. The van der Waals surface area contributed by atoms with Gasteiger partial charge in [0.15, 0.2) is 0 Å². The predicted octanol–water partition coefficient (Wildman–Crippen LogP) is 2.89. The number of nitrogens with one attached hydrogen (secondary N) is 1. The molecular weight excluding hydrogens is 333 g/mol. The first-order valence-corrected chi connectivity index (χ1v) is 8.01. The number of piperidine rings is 1. The van der Waals surface area contributed by atoms with Gasteiger partial charge in [-0.3, -0.25) is 4.79 Å². The van der Waals surface area contributed by atoms with Gasteiger partial charge >= 0.3 is 0 Å². The number of halogens is 2. The van der Waals surface area contributed by atoms with Gasteiger partial charge in [-0.2, -0.15) is 0 Å². The lowest BCUT2D eigenvalue weighted by molar-refractivity contribution is -0.120. The lowest BCUT2D eigenvalue weighted by Crippen LogP contribution is -2.35. The van der Waals surface area contributed by atoms with Gasteiger partial charge in [0, 0.05) is 12.2 Å². The molecule has 1 heterocycles. The lowest BCUT2D eigenvalue weighted by atomic mass is 9.93. The Morgan fingerprint density at radius 2 is 1.83 bits per heavy atom. The first-order chi connectivity index (χ1) is 10.2. The maximum Gasteiger partial charge on any atom is 0.224 e. The summed E-state index contributed by atoms with van der Waals surface area (Å²) >= 11 is 0. The Morgan fingerprint density at radius 3 is 2.39 bits per heavy atom. The zero-order valence-electron chi connectivity index (χ0n) is 13.8. The topological polar surface area (TPSA) is 58.4 Å². The highest BCUT2D eigenvalue weighted by Gasteiger charge is 2.17. The normalized spacial score (nSPS) is 15.3. The highest BCUT2D eigenvalue weighted by molar-refractivity contribution is 5.85. The van der Waals surface area contributed by atoms with E-state index in [-0.39, 0.29) is 30.7 Å². The fourth-order valence-electron chi connectivity index (χ4n) is 2.89. The Morgan fingerprint density at radius 1 is 1.22 bits per heavy atom. The molecule has 0 unspecified atom stereocenters. The molecule has 0 saturated carbocycles. The van der Waals surface area contributed by atoms with E-state index >= 15 is 0 Å². The van der Waals surface area contributed by atoms with Gasteiger partial charge in [-0.05, 0) is 62.5 Å². The van der Waals surface area contributed by atoms with Crippen LogP contribution in [0.2, 0.25) is 0 Å². The van der Waals surface area contributed by atoms with Crippen LogP contribution >= 0.6 is 24.8 Å². The summed E-state index contributed by atoms with van der Waals surface area (Å²) in [5.74, 6) is 0.871. The van der Waals surface area contributed by atoms with Crippen LogP contribution < -0.4 is 11.1 Å². The van der Waals surface area contributed by atoms with Crippen LogP contribution in [0.25, 0.3) is 0 Å². The van der Waals surface area contributed by atoms with Crippen LogP contribution in [0.5, 0.6) is 0 Å². The number of nitrogen functional groups attached to an aromatic ring is 1. The molecule has 3 N–H and O–H groups in total. The van der Waals surface area contributed by atoms with Crippen molar-refractivity contribution in [3.8, 4) is 0 Å². The molecule has 0 atom stereocenters. The molecule has 6 heteroatoms. The van der Waals surface area contributed by atoms with Crippen LogP contribution in [0.4, 0.5) is 5.69 Å². The van der Waals surface area contributed by atoms with Crippen LogP contribution in [0, 0.1) is 5.92 Å². The van der Waals surface area contributed by atoms with Crippen molar-refractivity contribution in [2.24, 2.45) is 5.92 Å². The number of rotatable bonds is 6. The van der Waals surface area contributed by atoms with E-state index in [1.54, 1.807) is 0 Å². The van der Waals surface area contributed by atoms with Crippen molar-refractivity contribution >= 4 is 36.4 Å².